The van der Waals surface area contributed by atoms with Crippen LogP contribution >= 0.6 is 0 Å². The van der Waals surface area contributed by atoms with Gasteiger partial charge < -0.3 is 19.9 Å². The Morgan fingerprint density at radius 2 is 2.05 bits per heavy atom. The van der Waals surface area contributed by atoms with Gasteiger partial charge in [0.1, 0.15) is 6.61 Å². The van der Waals surface area contributed by atoms with Gasteiger partial charge in [0.25, 0.3) is 0 Å². The van der Waals surface area contributed by atoms with E-state index in [1.807, 2.05) is 19.1 Å². The van der Waals surface area contributed by atoms with E-state index >= 15 is 0 Å². The van der Waals surface area contributed by atoms with Crippen LogP contribution in [0.4, 0.5) is 5.69 Å². The van der Waals surface area contributed by atoms with E-state index in [1.165, 1.54) is 0 Å². The Balaban J connectivity index is 2.07. The van der Waals surface area contributed by atoms with Crippen LogP contribution in [-0.4, -0.2) is 23.7 Å². The zero-order chi connectivity index (χ0) is 15.1. The number of aliphatic hydroxyl groups excluding tert-OH is 1. The molecule has 0 bridgehead atoms. The minimum atomic E-state index is -0.0249. The molecule has 112 valence electrons. The third-order valence-corrected chi connectivity index (χ3v) is 2.98. The number of aromatic nitrogens is 1. The van der Waals surface area contributed by atoms with Crippen molar-refractivity contribution in [1.82, 2.24) is 4.98 Å². The number of hydrogen-bond donors (Lipinski definition) is 2. The lowest BCUT2D eigenvalue weighted by Crippen LogP contribution is -2.02. The first kappa shape index (κ1) is 15.1. The molecule has 0 saturated carbocycles. The Labute approximate surface area is 124 Å². The van der Waals surface area contributed by atoms with Gasteiger partial charge in [-0.05, 0) is 36.8 Å². The summed E-state index contributed by atoms with van der Waals surface area (Å²) >= 11 is 0. The van der Waals surface area contributed by atoms with Gasteiger partial charge in [-0.3, -0.25) is 4.98 Å². The molecule has 1 heterocycles. The summed E-state index contributed by atoms with van der Waals surface area (Å²) in [5, 5.41) is 12.4. The molecular formula is C16H20N2O3. The van der Waals surface area contributed by atoms with E-state index in [9.17, 15) is 0 Å². The number of hydrogen-bond acceptors (Lipinski definition) is 5. The van der Waals surface area contributed by atoms with Crippen LogP contribution in [-0.2, 0) is 13.2 Å². The van der Waals surface area contributed by atoms with Crippen LogP contribution in [0.1, 0.15) is 18.2 Å². The summed E-state index contributed by atoms with van der Waals surface area (Å²) in [6.07, 6.45) is 1.75. The van der Waals surface area contributed by atoms with Crippen molar-refractivity contribution in [3.05, 3.63) is 47.8 Å². The second kappa shape index (κ2) is 7.50. The number of nitrogens with zero attached hydrogens (tertiary/aromatic N) is 1. The summed E-state index contributed by atoms with van der Waals surface area (Å²) in [5.74, 6) is 1.23. The van der Waals surface area contributed by atoms with Crippen LogP contribution in [0.5, 0.6) is 11.5 Å². The smallest absolute Gasteiger partial charge is 0.161 e. The number of rotatable bonds is 7. The van der Waals surface area contributed by atoms with Gasteiger partial charge in [0.05, 0.1) is 19.4 Å². The van der Waals surface area contributed by atoms with Gasteiger partial charge >= 0.3 is 0 Å². The molecule has 2 aromatic rings. The van der Waals surface area contributed by atoms with E-state index in [4.69, 9.17) is 14.6 Å². The molecule has 0 spiro atoms. The molecule has 5 heteroatoms. The Morgan fingerprint density at radius 3 is 2.76 bits per heavy atom. The monoisotopic (exact) mass is 288 g/mol. The van der Waals surface area contributed by atoms with Gasteiger partial charge in [-0.2, -0.15) is 0 Å². The highest BCUT2D eigenvalue weighted by Crippen LogP contribution is 2.28. The average molecular weight is 288 g/mol. The molecule has 1 aromatic heterocycles. The third kappa shape index (κ3) is 4.10. The number of benzene rings is 1. The molecule has 0 atom stereocenters. The molecule has 5 nitrogen and oxygen atoms in total. The van der Waals surface area contributed by atoms with E-state index in [0.29, 0.717) is 18.1 Å². The molecule has 0 fully saturated rings. The fourth-order valence-electron chi connectivity index (χ4n) is 1.95. The second-order valence-electron chi connectivity index (χ2n) is 4.50. The van der Waals surface area contributed by atoms with Crippen LogP contribution in [0.25, 0.3) is 0 Å². The normalized spacial score (nSPS) is 10.2. The first-order valence-corrected chi connectivity index (χ1v) is 6.86. The summed E-state index contributed by atoms with van der Waals surface area (Å²) in [7, 11) is 1.58. The topological polar surface area (TPSA) is 63.6 Å². The highest BCUT2D eigenvalue weighted by atomic mass is 16.5. The van der Waals surface area contributed by atoms with E-state index in [0.717, 1.165) is 23.5 Å². The van der Waals surface area contributed by atoms with Crippen LogP contribution in [0.3, 0.4) is 0 Å². The number of pyridine rings is 1. The number of ether oxygens (including phenoxy) is 2. The minimum absolute atomic E-state index is 0.0249. The molecule has 2 N–H and O–H groups in total. The number of nitrogens with one attached hydrogen (secondary N) is 1. The van der Waals surface area contributed by atoms with E-state index in [2.05, 4.69) is 10.3 Å². The van der Waals surface area contributed by atoms with Crippen LogP contribution in [0.2, 0.25) is 0 Å². The quantitative estimate of drug-likeness (QED) is 0.820. The highest BCUT2D eigenvalue weighted by Gasteiger charge is 2.06. The predicted octanol–water partition coefficient (Wildman–Crippen LogP) is 2.59. The first-order valence-electron chi connectivity index (χ1n) is 6.86. The minimum Gasteiger partial charge on any atom is -0.493 e. The molecule has 21 heavy (non-hydrogen) atoms. The van der Waals surface area contributed by atoms with E-state index in [-0.39, 0.29) is 6.61 Å². The standard InChI is InChI=1S/C16H20N2O3/c1-3-17-13-6-7-18-14(9-13)11-21-15-5-4-12(10-19)8-16(15)20-2/h4-9,19H,3,10-11H2,1-2H3,(H,17,18). The first-order chi connectivity index (χ1) is 10.3. The van der Waals surface area contributed by atoms with Crippen molar-refractivity contribution in [2.45, 2.75) is 20.1 Å². The van der Waals surface area contributed by atoms with Crippen molar-refractivity contribution in [2.75, 3.05) is 19.0 Å². The molecule has 0 aliphatic carbocycles. The Bertz CT molecular complexity index is 587. The summed E-state index contributed by atoms with van der Waals surface area (Å²) in [4.78, 5) is 4.28. The summed E-state index contributed by atoms with van der Waals surface area (Å²) in [6, 6.07) is 9.23. The van der Waals surface area contributed by atoms with Gasteiger partial charge in [0.2, 0.25) is 0 Å². The molecule has 2 rings (SSSR count). The second-order valence-corrected chi connectivity index (χ2v) is 4.50. The Kier molecular flexibility index (Phi) is 5.40. The third-order valence-electron chi connectivity index (χ3n) is 2.98. The molecule has 0 saturated heterocycles. The molecule has 0 radical (unpaired) electrons. The maximum Gasteiger partial charge on any atom is 0.161 e. The fraction of sp³-hybridized carbons (Fsp3) is 0.312. The van der Waals surface area contributed by atoms with Crippen molar-refractivity contribution in [3.8, 4) is 11.5 Å². The Morgan fingerprint density at radius 1 is 1.19 bits per heavy atom. The molecule has 0 aliphatic heterocycles. The van der Waals surface area contributed by atoms with Crippen LogP contribution in [0.15, 0.2) is 36.5 Å². The number of anilines is 1. The van der Waals surface area contributed by atoms with E-state index < -0.39 is 0 Å². The zero-order valence-electron chi connectivity index (χ0n) is 12.3. The molecule has 0 amide bonds. The lowest BCUT2D eigenvalue weighted by Gasteiger charge is -2.12. The highest BCUT2D eigenvalue weighted by molar-refractivity contribution is 5.44. The summed E-state index contributed by atoms with van der Waals surface area (Å²) in [6.45, 7) is 3.24. The van der Waals surface area contributed by atoms with Gasteiger partial charge in [0, 0.05) is 18.4 Å². The maximum atomic E-state index is 9.12. The van der Waals surface area contributed by atoms with Crippen LogP contribution < -0.4 is 14.8 Å². The van der Waals surface area contributed by atoms with Gasteiger partial charge in [-0.1, -0.05) is 6.07 Å². The predicted molar refractivity (Wildman–Crippen MR) is 81.6 cm³/mol. The van der Waals surface area contributed by atoms with Gasteiger partial charge in [-0.25, -0.2) is 0 Å². The molecule has 0 aliphatic rings. The SMILES string of the molecule is CCNc1ccnc(COc2ccc(CO)cc2OC)c1. The van der Waals surface area contributed by atoms with Gasteiger partial charge in [-0.15, -0.1) is 0 Å². The summed E-state index contributed by atoms with van der Waals surface area (Å²) in [5.41, 5.74) is 2.64. The number of methoxy groups -OCH3 is 1. The lowest BCUT2D eigenvalue weighted by atomic mass is 10.2. The fourth-order valence-corrected chi connectivity index (χ4v) is 1.95. The van der Waals surface area contributed by atoms with Crippen LogP contribution in [0, 0.1) is 0 Å². The van der Waals surface area contributed by atoms with Gasteiger partial charge in [0.15, 0.2) is 11.5 Å². The lowest BCUT2D eigenvalue weighted by molar-refractivity contribution is 0.272. The van der Waals surface area contributed by atoms with Crippen molar-refractivity contribution >= 4 is 5.69 Å². The molecule has 1 aromatic carbocycles. The van der Waals surface area contributed by atoms with Crippen molar-refractivity contribution in [2.24, 2.45) is 0 Å². The molecule has 0 unspecified atom stereocenters. The number of aliphatic hydroxyl groups is 1. The average Bonchev–Trinajstić information content (AvgIpc) is 2.53. The van der Waals surface area contributed by atoms with Crippen molar-refractivity contribution in [1.29, 1.82) is 0 Å². The maximum absolute atomic E-state index is 9.12. The van der Waals surface area contributed by atoms with E-state index in [1.54, 1.807) is 31.5 Å². The largest absolute Gasteiger partial charge is 0.493 e. The zero-order valence-corrected chi connectivity index (χ0v) is 12.3. The van der Waals surface area contributed by atoms with Crippen molar-refractivity contribution in [3.63, 3.8) is 0 Å². The Hall–Kier alpha value is -2.27. The van der Waals surface area contributed by atoms with Crippen molar-refractivity contribution < 1.29 is 14.6 Å². The summed E-state index contributed by atoms with van der Waals surface area (Å²) < 4.78 is 11.0. The molecular weight excluding hydrogens is 268 g/mol.